The molecular formula is C27H26O4. The van der Waals surface area contributed by atoms with Gasteiger partial charge in [-0.3, -0.25) is 4.79 Å². The van der Waals surface area contributed by atoms with E-state index in [1.807, 2.05) is 68.4 Å². The molecule has 0 radical (unpaired) electrons. The second kappa shape index (κ2) is 9.09. The van der Waals surface area contributed by atoms with E-state index in [1.165, 1.54) is 5.56 Å². The van der Waals surface area contributed by atoms with E-state index in [0.29, 0.717) is 23.3 Å². The van der Waals surface area contributed by atoms with Crippen LogP contribution in [-0.2, 0) is 6.42 Å². The van der Waals surface area contributed by atoms with E-state index in [4.69, 9.17) is 13.9 Å². The lowest BCUT2D eigenvalue weighted by Gasteiger charge is -2.13. The van der Waals surface area contributed by atoms with E-state index >= 15 is 0 Å². The molecule has 0 saturated carbocycles. The van der Waals surface area contributed by atoms with Crippen LogP contribution in [0.5, 0.6) is 11.5 Å². The topological polar surface area (TPSA) is 48.7 Å². The highest BCUT2D eigenvalue weighted by molar-refractivity contribution is 5.83. The number of ether oxygens (including phenoxy) is 2. The fourth-order valence-corrected chi connectivity index (χ4v) is 3.59. The Balaban J connectivity index is 1.70. The number of fused-ring (bicyclic) bond motifs is 1. The molecular weight excluding hydrogens is 388 g/mol. The van der Waals surface area contributed by atoms with Crippen LogP contribution in [0.1, 0.15) is 23.1 Å². The molecule has 0 fully saturated rings. The summed E-state index contributed by atoms with van der Waals surface area (Å²) in [5, 5.41) is 0.540. The van der Waals surface area contributed by atoms with Gasteiger partial charge in [0.2, 0.25) is 11.2 Å². The van der Waals surface area contributed by atoms with Gasteiger partial charge in [0.25, 0.3) is 0 Å². The van der Waals surface area contributed by atoms with Crippen LogP contribution in [0.4, 0.5) is 0 Å². The normalized spacial score (nSPS) is 10.9. The number of rotatable bonds is 7. The SMILES string of the molecule is COc1ccc(-c2oc3cc(C)c(C)cc3c(=O)c2OCCCc2ccccc2)cc1. The van der Waals surface area contributed by atoms with Gasteiger partial charge in [-0.1, -0.05) is 30.3 Å². The highest BCUT2D eigenvalue weighted by Gasteiger charge is 2.18. The average molecular weight is 415 g/mol. The summed E-state index contributed by atoms with van der Waals surface area (Å²) in [6.07, 6.45) is 1.69. The number of benzene rings is 3. The van der Waals surface area contributed by atoms with Gasteiger partial charge in [-0.05, 0) is 79.8 Å². The van der Waals surface area contributed by atoms with E-state index in [1.54, 1.807) is 7.11 Å². The molecule has 0 unspecified atom stereocenters. The van der Waals surface area contributed by atoms with Gasteiger partial charge in [0.05, 0.1) is 19.1 Å². The molecule has 1 aromatic heterocycles. The van der Waals surface area contributed by atoms with Crippen molar-refractivity contribution in [3.8, 4) is 22.8 Å². The summed E-state index contributed by atoms with van der Waals surface area (Å²) < 4.78 is 17.5. The summed E-state index contributed by atoms with van der Waals surface area (Å²) >= 11 is 0. The summed E-state index contributed by atoms with van der Waals surface area (Å²) in [5.74, 6) is 1.45. The molecule has 158 valence electrons. The van der Waals surface area contributed by atoms with Crippen LogP contribution in [0.15, 0.2) is 75.9 Å². The van der Waals surface area contributed by atoms with Gasteiger partial charge >= 0.3 is 0 Å². The van der Waals surface area contributed by atoms with E-state index in [9.17, 15) is 4.79 Å². The highest BCUT2D eigenvalue weighted by atomic mass is 16.5. The number of methoxy groups -OCH3 is 1. The minimum absolute atomic E-state index is 0.144. The third-order valence-corrected chi connectivity index (χ3v) is 5.52. The number of aryl methyl sites for hydroxylation is 3. The van der Waals surface area contributed by atoms with Crippen molar-refractivity contribution in [3.05, 3.63) is 93.6 Å². The van der Waals surface area contributed by atoms with Crippen LogP contribution in [0.3, 0.4) is 0 Å². The molecule has 3 aromatic carbocycles. The third-order valence-electron chi connectivity index (χ3n) is 5.52. The van der Waals surface area contributed by atoms with Crippen LogP contribution >= 0.6 is 0 Å². The van der Waals surface area contributed by atoms with E-state index in [0.717, 1.165) is 35.3 Å². The van der Waals surface area contributed by atoms with Crippen molar-refractivity contribution in [2.24, 2.45) is 0 Å². The number of hydrogen-bond acceptors (Lipinski definition) is 4. The largest absolute Gasteiger partial charge is 0.497 e. The molecule has 1 heterocycles. The van der Waals surface area contributed by atoms with Gasteiger partial charge in [0.15, 0.2) is 5.76 Å². The zero-order valence-corrected chi connectivity index (χ0v) is 18.1. The van der Waals surface area contributed by atoms with Gasteiger partial charge in [-0.25, -0.2) is 0 Å². The maximum Gasteiger partial charge on any atom is 0.235 e. The zero-order chi connectivity index (χ0) is 21.8. The molecule has 31 heavy (non-hydrogen) atoms. The Hall–Kier alpha value is -3.53. The van der Waals surface area contributed by atoms with Crippen LogP contribution < -0.4 is 14.9 Å². The van der Waals surface area contributed by atoms with Gasteiger partial charge in [-0.2, -0.15) is 0 Å². The minimum Gasteiger partial charge on any atom is -0.497 e. The zero-order valence-electron chi connectivity index (χ0n) is 18.1. The maximum absolute atomic E-state index is 13.4. The maximum atomic E-state index is 13.4. The Morgan fingerprint density at radius 2 is 1.61 bits per heavy atom. The van der Waals surface area contributed by atoms with E-state index in [2.05, 4.69) is 12.1 Å². The smallest absolute Gasteiger partial charge is 0.235 e. The fourth-order valence-electron chi connectivity index (χ4n) is 3.59. The van der Waals surface area contributed by atoms with E-state index in [-0.39, 0.29) is 11.2 Å². The third kappa shape index (κ3) is 4.48. The molecule has 4 rings (SSSR count). The first-order valence-corrected chi connectivity index (χ1v) is 10.5. The van der Waals surface area contributed by atoms with Crippen LogP contribution in [0.25, 0.3) is 22.3 Å². The molecule has 0 bridgehead atoms. The second-order valence-electron chi connectivity index (χ2n) is 7.69. The quantitative estimate of drug-likeness (QED) is 0.343. The molecule has 0 aliphatic rings. The Kier molecular flexibility index (Phi) is 6.08. The van der Waals surface area contributed by atoms with Crippen LogP contribution in [0, 0.1) is 13.8 Å². The van der Waals surface area contributed by atoms with Crippen molar-refractivity contribution < 1.29 is 13.9 Å². The molecule has 4 nitrogen and oxygen atoms in total. The summed E-state index contributed by atoms with van der Waals surface area (Å²) in [5.41, 5.74) is 4.57. The molecule has 4 heteroatoms. The lowest BCUT2D eigenvalue weighted by molar-refractivity contribution is 0.303. The predicted molar refractivity (Wildman–Crippen MR) is 124 cm³/mol. The molecule has 0 saturated heterocycles. The van der Waals surface area contributed by atoms with Crippen molar-refractivity contribution in [2.75, 3.05) is 13.7 Å². The van der Waals surface area contributed by atoms with Crippen molar-refractivity contribution >= 4 is 11.0 Å². The Bertz CT molecular complexity index is 1240. The Labute approximate surface area is 182 Å². The van der Waals surface area contributed by atoms with Gasteiger partial charge in [0.1, 0.15) is 11.3 Å². The lowest BCUT2D eigenvalue weighted by atomic mass is 10.0. The predicted octanol–water partition coefficient (Wildman–Crippen LogP) is 6.10. The first-order valence-electron chi connectivity index (χ1n) is 10.5. The first kappa shape index (κ1) is 20.7. The molecule has 0 aliphatic heterocycles. The second-order valence-corrected chi connectivity index (χ2v) is 7.69. The van der Waals surface area contributed by atoms with E-state index < -0.39 is 0 Å². The average Bonchev–Trinajstić information content (AvgIpc) is 2.80. The van der Waals surface area contributed by atoms with Crippen molar-refractivity contribution in [3.63, 3.8) is 0 Å². The molecule has 0 spiro atoms. The minimum atomic E-state index is -0.144. The lowest BCUT2D eigenvalue weighted by Crippen LogP contribution is -2.12. The molecule has 0 atom stereocenters. The van der Waals surface area contributed by atoms with Gasteiger partial charge < -0.3 is 13.9 Å². The molecule has 4 aromatic rings. The van der Waals surface area contributed by atoms with Crippen molar-refractivity contribution in [2.45, 2.75) is 26.7 Å². The highest BCUT2D eigenvalue weighted by Crippen LogP contribution is 2.33. The van der Waals surface area contributed by atoms with Crippen molar-refractivity contribution in [1.29, 1.82) is 0 Å². The summed E-state index contributed by atoms with van der Waals surface area (Å²) in [6, 6.07) is 21.5. The summed E-state index contributed by atoms with van der Waals surface area (Å²) in [7, 11) is 1.62. The van der Waals surface area contributed by atoms with Gasteiger partial charge in [0, 0.05) is 5.56 Å². The molecule has 0 amide bonds. The Morgan fingerprint density at radius 1 is 0.903 bits per heavy atom. The van der Waals surface area contributed by atoms with Crippen LogP contribution in [-0.4, -0.2) is 13.7 Å². The van der Waals surface area contributed by atoms with Crippen molar-refractivity contribution in [1.82, 2.24) is 0 Å². The van der Waals surface area contributed by atoms with Crippen LogP contribution in [0.2, 0.25) is 0 Å². The fraction of sp³-hybridized carbons (Fsp3) is 0.222. The monoisotopic (exact) mass is 414 g/mol. The molecule has 0 N–H and O–H groups in total. The first-order chi connectivity index (χ1) is 15.1. The summed E-state index contributed by atoms with van der Waals surface area (Å²) in [4.78, 5) is 13.4. The number of hydrogen-bond donors (Lipinski definition) is 0. The standard InChI is InChI=1S/C27H26O4/c1-18-16-23-24(17-19(18)2)31-26(21-11-13-22(29-3)14-12-21)27(25(23)28)30-15-7-10-20-8-5-4-6-9-20/h4-6,8-9,11-14,16-17H,7,10,15H2,1-3H3. The Morgan fingerprint density at radius 3 is 2.32 bits per heavy atom. The van der Waals surface area contributed by atoms with Gasteiger partial charge in [-0.15, -0.1) is 0 Å². The summed E-state index contributed by atoms with van der Waals surface area (Å²) in [6.45, 7) is 4.43. The molecule has 0 aliphatic carbocycles.